The number of pyridine rings is 1. The number of nitrogens with one attached hydrogen (secondary N) is 2. The number of likely N-dealkylation sites (tertiary alicyclic amines) is 1. The summed E-state index contributed by atoms with van der Waals surface area (Å²) in [4.78, 5) is 30.7. The van der Waals surface area contributed by atoms with Crippen molar-refractivity contribution in [2.75, 3.05) is 13.1 Å². The SMILES string of the molecule is Cc1ccc(C(=O)N2CC[C@@H](NC(=O)NC3CCCCCC3)C2)cn1. The van der Waals surface area contributed by atoms with Crippen LogP contribution >= 0.6 is 0 Å². The Labute approximate surface area is 149 Å². The molecule has 0 unspecified atom stereocenters. The first-order valence-corrected chi connectivity index (χ1v) is 9.41. The molecule has 6 nitrogen and oxygen atoms in total. The Hall–Kier alpha value is -2.11. The van der Waals surface area contributed by atoms with Gasteiger partial charge in [-0.2, -0.15) is 0 Å². The first-order valence-electron chi connectivity index (χ1n) is 9.41. The van der Waals surface area contributed by atoms with Crippen LogP contribution in [0.25, 0.3) is 0 Å². The number of aryl methyl sites for hydroxylation is 1. The molecule has 136 valence electrons. The molecule has 25 heavy (non-hydrogen) atoms. The molecule has 1 aromatic heterocycles. The van der Waals surface area contributed by atoms with Gasteiger partial charge in [-0.15, -0.1) is 0 Å². The molecule has 2 heterocycles. The normalized spacial score (nSPS) is 21.6. The highest BCUT2D eigenvalue weighted by atomic mass is 16.2. The monoisotopic (exact) mass is 344 g/mol. The average Bonchev–Trinajstić information content (AvgIpc) is 2.90. The van der Waals surface area contributed by atoms with E-state index in [0.29, 0.717) is 24.7 Å². The number of urea groups is 1. The van der Waals surface area contributed by atoms with Crippen molar-refractivity contribution in [3.05, 3.63) is 29.6 Å². The number of nitrogens with zero attached hydrogens (tertiary/aromatic N) is 2. The zero-order valence-electron chi connectivity index (χ0n) is 15.0. The second-order valence-corrected chi connectivity index (χ2v) is 7.23. The maximum atomic E-state index is 12.5. The molecule has 6 heteroatoms. The number of hydrogen-bond acceptors (Lipinski definition) is 3. The Balaban J connectivity index is 1.46. The molecule has 2 N–H and O–H groups in total. The first-order chi connectivity index (χ1) is 12.1. The van der Waals surface area contributed by atoms with Crippen LogP contribution in [-0.2, 0) is 0 Å². The lowest BCUT2D eigenvalue weighted by Crippen LogP contribution is -2.47. The van der Waals surface area contributed by atoms with E-state index in [-0.39, 0.29) is 18.0 Å². The van der Waals surface area contributed by atoms with Crippen molar-refractivity contribution < 1.29 is 9.59 Å². The second-order valence-electron chi connectivity index (χ2n) is 7.23. The Bertz CT molecular complexity index is 594. The molecule has 1 atom stereocenters. The molecule has 2 fully saturated rings. The van der Waals surface area contributed by atoms with Gasteiger partial charge in [-0.3, -0.25) is 9.78 Å². The van der Waals surface area contributed by atoms with E-state index in [1.165, 1.54) is 25.7 Å². The lowest BCUT2D eigenvalue weighted by Gasteiger charge is -2.20. The zero-order chi connectivity index (χ0) is 17.6. The van der Waals surface area contributed by atoms with Crippen molar-refractivity contribution in [1.29, 1.82) is 0 Å². The number of amides is 3. The van der Waals surface area contributed by atoms with Gasteiger partial charge in [-0.05, 0) is 38.3 Å². The fourth-order valence-corrected chi connectivity index (χ4v) is 3.68. The third-order valence-electron chi connectivity index (χ3n) is 5.16. The summed E-state index contributed by atoms with van der Waals surface area (Å²) in [6.07, 6.45) is 9.50. The van der Waals surface area contributed by atoms with Crippen molar-refractivity contribution in [3.8, 4) is 0 Å². The van der Waals surface area contributed by atoms with Crippen molar-refractivity contribution in [2.45, 2.75) is 64.0 Å². The minimum absolute atomic E-state index is 0.0130. The van der Waals surface area contributed by atoms with Crippen LogP contribution in [0.3, 0.4) is 0 Å². The van der Waals surface area contributed by atoms with Crippen LogP contribution in [0.15, 0.2) is 18.3 Å². The van der Waals surface area contributed by atoms with Gasteiger partial charge in [0.25, 0.3) is 5.91 Å². The fraction of sp³-hybridized carbons (Fsp3) is 0.632. The van der Waals surface area contributed by atoms with Gasteiger partial charge in [0.2, 0.25) is 0 Å². The van der Waals surface area contributed by atoms with E-state index in [0.717, 1.165) is 25.0 Å². The van der Waals surface area contributed by atoms with Crippen molar-refractivity contribution in [3.63, 3.8) is 0 Å². The second kappa shape index (κ2) is 8.32. The molecule has 1 aromatic rings. The maximum absolute atomic E-state index is 12.5. The molecule has 1 aliphatic heterocycles. The van der Waals surface area contributed by atoms with E-state index in [2.05, 4.69) is 15.6 Å². The molecule has 1 saturated carbocycles. The summed E-state index contributed by atoms with van der Waals surface area (Å²) in [7, 11) is 0. The topological polar surface area (TPSA) is 74.3 Å². The largest absolute Gasteiger partial charge is 0.336 e. The van der Waals surface area contributed by atoms with Gasteiger partial charge in [-0.25, -0.2) is 4.79 Å². The third kappa shape index (κ3) is 4.94. The minimum Gasteiger partial charge on any atom is -0.336 e. The van der Waals surface area contributed by atoms with Gasteiger partial charge in [0.15, 0.2) is 0 Å². The summed E-state index contributed by atoms with van der Waals surface area (Å²) < 4.78 is 0. The van der Waals surface area contributed by atoms with Crippen LogP contribution in [0.1, 0.15) is 61.0 Å². The summed E-state index contributed by atoms with van der Waals surface area (Å²) >= 11 is 0. The highest BCUT2D eigenvalue weighted by molar-refractivity contribution is 5.94. The highest BCUT2D eigenvalue weighted by Gasteiger charge is 2.28. The van der Waals surface area contributed by atoms with Gasteiger partial charge in [0, 0.05) is 37.1 Å². The first kappa shape index (κ1) is 17.7. The summed E-state index contributed by atoms with van der Waals surface area (Å²) in [6.45, 7) is 3.13. The molecular formula is C19H28N4O2. The molecular weight excluding hydrogens is 316 g/mol. The molecule has 0 aromatic carbocycles. The molecule has 3 rings (SSSR count). The number of hydrogen-bond donors (Lipinski definition) is 2. The predicted octanol–water partition coefficient (Wildman–Crippen LogP) is 2.63. The van der Waals surface area contributed by atoms with E-state index in [4.69, 9.17) is 0 Å². The van der Waals surface area contributed by atoms with Gasteiger partial charge in [0.05, 0.1) is 5.56 Å². The van der Waals surface area contributed by atoms with E-state index >= 15 is 0 Å². The van der Waals surface area contributed by atoms with E-state index in [1.807, 2.05) is 19.1 Å². The molecule has 0 bridgehead atoms. The summed E-state index contributed by atoms with van der Waals surface area (Å²) in [5, 5.41) is 6.14. The Morgan fingerprint density at radius 3 is 2.44 bits per heavy atom. The predicted molar refractivity (Wildman–Crippen MR) is 96.4 cm³/mol. The van der Waals surface area contributed by atoms with Crippen LogP contribution in [0, 0.1) is 6.92 Å². The Morgan fingerprint density at radius 1 is 1.04 bits per heavy atom. The molecule has 0 spiro atoms. The highest BCUT2D eigenvalue weighted by Crippen LogP contribution is 2.17. The number of rotatable bonds is 3. The zero-order valence-corrected chi connectivity index (χ0v) is 15.0. The van der Waals surface area contributed by atoms with Crippen molar-refractivity contribution in [2.24, 2.45) is 0 Å². The third-order valence-corrected chi connectivity index (χ3v) is 5.16. The summed E-state index contributed by atoms with van der Waals surface area (Å²) in [5.41, 5.74) is 1.50. The van der Waals surface area contributed by atoms with Crippen LogP contribution in [0.5, 0.6) is 0 Å². The number of aromatic nitrogens is 1. The van der Waals surface area contributed by atoms with Gasteiger partial charge in [0.1, 0.15) is 0 Å². The lowest BCUT2D eigenvalue weighted by atomic mass is 10.1. The number of carbonyl (C=O) groups is 2. The fourth-order valence-electron chi connectivity index (χ4n) is 3.68. The van der Waals surface area contributed by atoms with E-state index in [9.17, 15) is 9.59 Å². The van der Waals surface area contributed by atoms with Gasteiger partial charge < -0.3 is 15.5 Å². The maximum Gasteiger partial charge on any atom is 0.315 e. The van der Waals surface area contributed by atoms with Crippen LogP contribution in [0.2, 0.25) is 0 Å². The standard InChI is InChI=1S/C19H28N4O2/c1-14-8-9-15(12-20-14)18(24)23-11-10-17(13-23)22-19(25)21-16-6-4-2-3-5-7-16/h8-9,12,16-17H,2-7,10-11,13H2,1H3,(H2,21,22,25)/t17-/m1/s1. The number of carbonyl (C=O) groups excluding carboxylic acids is 2. The van der Waals surface area contributed by atoms with Crippen LogP contribution in [-0.4, -0.2) is 47.0 Å². The quantitative estimate of drug-likeness (QED) is 0.828. The summed E-state index contributed by atoms with van der Waals surface area (Å²) in [6, 6.07) is 3.88. The van der Waals surface area contributed by atoms with Gasteiger partial charge in [-0.1, -0.05) is 25.7 Å². The minimum atomic E-state index is -0.0943. The summed E-state index contributed by atoms with van der Waals surface area (Å²) in [5.74, 6) is -0.0130. The molecule has 1 saturated heterocycles. The van der Waals surface area contributed by atoms with Gasteiger partial charge >= 0.3 is 6.03 Å². The smallest absolute Gasteiger partial charge is 0.315 e. The van der Waals surface area contributed by atoms with Crippen molar-refractivity contribution >= 4 is 11.9 Å². The molecule has 0 radical (unpaired) electrons. The lowest BCUT2D eigenvalue weighted by molar-refractivity contribution is 0.0789. The molecule has 1 aliphatic carbocycles. The van der Waals surface area contributed by atoms with E-state index in [1.54, 1.807) is 11.1 Å². The average molecular weight is 344 g/mol. The van der Waals surface area contributed by atoms with Crippen LogP contribution < -0.4 is 10.6 Å². The molecule has 3 amide bonds. The van der Waals surface area contributed by atoms with Crippen molar-refractivity contribution in [1.82, 2.24) is 20.5 Å². The van der Waals surface area contributed by atoms with Crippen LogP contribution in [0.4, 0.5) is 4.79 Å². The molecule has 2 aliphatic rings. The Morgan fingerprint density at radius 2 is 1.76 bits per heavy atom. The van der Waals surface area contributed by atoms with E-state index < -0.39 is 0 Å². The Kier molecular flexibility index (Phi) is 5.89.